The molecule has 2 amide bonds. The van der Waals surface area contributed by atoms with E-state index in [1.165, 1.54) is 7.11 Å². The van der Waals surface area contributed by atoms with Gasteiger partial charge in [0, 0.05) is 13.7 Å². The average molecular weight is 258 g/mol. The first-order chi connectivity index (χ1) is 8.26. The Morgan fingerprint density at radius 3 is 2.67 bits per heavy atom. The Kier molecular flexibility index (Phi) is 4.28. The van der Waals surface area contributed by atoms with E-state index >= 15 is 0 Å². The Morgan fingerprint density at radius 2 is 2.17 bits per heavy atom. The maximum atomic E-state index is 12.0. The van der Waals surface area contributed by atoms with Gasteiger partial charge in [0.25, 0.3) is 0 Å². The summed E-state index contributed by atoms with van der Waals surface area (Å²) in [7, 11) is 1.48. The van der Waals surface area contributed by atoms with Crippen LogP contribution in [0.5, 0.6) is 0 Å². The van der Waals surface area contributed by atoms with E-state index in [-0.39, 0.29) is 25.4 Å². The molecule has 0 saturated carbocycles. The predicted octanol–water partition coefficient (Wildman–Crippen LogP) is -0.787. The van der Waals surface area contributed by atoms with Crippen molar-refractivity contribution >= 4 is 17.8 Å². The molecule has 1 heterocycles. The fourth-order valence-corrected chi connectivity index (χ4v) is 1.66. The van der Waals surface area contributed by atoms with Crippen LogP contribution in [0, 0.1) is 0 Å². The topological polar surface area (TPSA) is 95.9 Å². The van der Waals surface area contributed by atoms with Crippen LogP contribution < -0.4 is 5.32 Å². The van der Waals surface area contributed by atoms with Crippen LogP contribution >= 0.6 is 0 Å². The second-order valence-corrected chi connectivity index (χ2v) is 4.82. The van der Waals surface area contributed by atoms with E-state index in [4.69, 9.17) is 9.84 Å². The molecule has 0 aromatic heterocycles. The minimum absolute atomic E-state index is 0.0283. The first-order valence-electron chi connectivity index (χ1n) is 5.61. The third-order valence-electron chi connectivity index (χ3n) is 2.92. The van der Waals surface area contributed by atoms with Crippen LogP contribution in [-0.4, -0.2) is 59.6 Å². The van der Waals surface area contributed by atoms with Crippen molar-refractivity contribution in [2.45, 2.75) is 31.9 Å². The summed E-state index contributed by atoms with van der Waals surface area (Å²) < 4.78 is 5.13. The Labute approximate surface area is 105 Å². The molecule has 0 aromatic carbocycles. The Balaban J connectivity index is 2.79. The fourth-order valence-electron chi connectivity index (χ4n) is 1.66. The van der Waals surface area contributed by atoms with Crippen molar-refractivity contribution in [3.63, 3.8) is 0 Å². The molecule has 102 valence electrons. The van der Waals surface area contributed by atoms with Gasteiger partial charge in [-0.2, -0.15) is 0 Å². The van der Waals surface area contributed by atoms with Crippen molar-refractivity contribution in [2.24, 2.45) is 0 Å². The highest BCUT2D eigenvalue weighted by Crippen LogP contribution is 2.17. The number of amides is 2. The van der Waals surface area contributed by atoms with Crippen LogP contribution in [0.25, 0.3) is 0 Å². The smallest absolute Gasteiger partial charge is 0.328 e. The molecule has 1 rings (SSSR count). The van der Waals surface area contributed by atoms with Crippen molar-refractivity contribution in [1.29, 1.82) is 0 Å². The molecule has 0 radical (unpaired) electrons. The Hall–Kier alpha value is -1.63. The third-order valence-corrected chi connectivity index (χ3v) is 2.92. The number of ether oxygens (including phenoxy) is 1. The summed E-state index contributed by atoms with van der Waals surface area (Å²) >= 11 is 0. The molecule has 1 fully saturated rings. The van der Waals surface area contributed by atoms with Crippen LogP contribution in [0.3, 0.4) is 0 Å². The number of carboxylic acids is 1. The van der Waals surface area contributed by atoms with Crippen LogP contribution in [-0.2, 0) is 19.1 Å². The summed E-state index contributed by atoms with van der Waals surface area (Å²) in [4.78, 5) is 35.4. The molecule has 7 heteroatoms. The van der Waals surface area contributed by atoms with Crippen LogP contribution in [0.1, 0.15) is 20.3 Å². The van der Waals surface area contributed by atoms with E-state index in [2.05, 4.69) is 5.32 Å². The van der Waals surface area contributed by atoms with Crippen molar-refractivity contribution in [2.75, 3.05) is 20.2 Å². The lowest BCUT2D eigenvalue weighted by Gasteiger charge is -2.34. The van der Waals surface area contributed by atoms with Gasteiger partial charge in [-0.3, -0.25) is 9.59 Å². The van der Waals surface area contributed by atoms with E-state index < -0.39 is 23.5 Å². The molecule has 1 unspecified atom stereocenters. The van der Waals surface area contributed by atoms with E-state index in [0.29, 0.717) is 0 Å². The average Bonchev–Trinajstić information content (AvgIpc) is 2.28. The number of methoxy groups -OCH3 is 1. The maximum Gasteiger partial charge on any atom is 0.328 e. The zero-order valence-electron chi connectivity index (χ0n) is 10.7. The number of nitrogens with zero attached hydrogens (tertiary/aromatic N) is 1. The molecule has 18 heavy (non-hydrogen) atoms. The second-order valence-electron chi connectivity index (χ2n) is 4.82. The van der Waals surface area contributed by atoms with Gasteiger partial charge in [-0.1, -0.05) is 0 Å². The lowest BCUT2D eigenvalue weighted by molar-refractivity contribution is -0.156. The summed E-state index contributed by atoms with van der Waals surface area (Å²) in [6, 6.07) is -1.01. The highest BCUT2D eigenvalue weighted by atomic mass is 16.5. The molecule has 0 aliphatic carbocycles. The minimum atomic E-state index is -1.13. The van der Waals surface area contributed by atoms with Crippen molar-refractivity contribution < 1.29 is 24.2 Å². The monoisotopic (exact) mass is 258 g/mol. The number of carboxylic acid groups (broad SMARTS) is 1. The molecule has 1 atom stereocenters. The van der Waals surface area contributed by atoms with Crippen LogP contribution in [0.2, 0.25) is 0 Å². The normalized spacial score (nSPS) is 20.5. The van der Waals surface area contributed by atoms with E-state index in [9.17, 15) is 14.4 Å². The molecule has 2 N–H and O–H groups in total. The second kappa shape index (κ2) is 5.34. The number of aliphatic carboxylic acids is 1. The lowest BCUT2D eigenvalue weighted by Crippen LogP contribution is -2.60. The Bertz CT molecular complexity index is 366. The summed E-state index contributed by atoms with van der Waals surface area (Å²) in [6.07, 6.45) is 0.0283. The van der Waals surface area contributed by atoms with Crippen molar-refractivity contribution in [3.8, 4) is 0 Å². The SMILES string of the molecule is COC(C)(C)CC(=O)N1CC(=O)NCC1C(=O)O. The standard InChI is InChI=1S/C11H18N2O5/c1-11(2,18-3)4-9(15)13-6-8(14)12-5-7(13)10(16)17/h7H,4-6H2,1-3H3,(H,12,14)(H,16,17). The number of hydrogen-bond acceptors (Lipinski definition) is 4. The van der Waals surface area contributed by atoms with Gasteiger partial charge < -0.3 is 20.1 Å². The highest BCUT2D eigenvalue weighted by molar-refractivity contribution is 5.91. The molecular formula is C11H18N2O5. The number of piperazine rings is 1. The van der Waals surface area contributed by atoms with Gasteiger partial charge in [0.1, 0.15) is 12.6 Å². The Morgan fingerprint density at radius 1 is 1.56 bits per heavy atom. The minimum Gasteiger partial charge on any atom is -0.480 e. The largest absolute Gasteiger partial charge is 0.480 e. The summed E-state index contributed by atoms with van der Waals surface area (Å²) in [5.74, 6) is -1.88. The fraction of sp³-hybridized carbons (Fsp3) is 0.727. The van der Waals surface area contributed by atoms with Gasteiger partial charge in [-0.15, -0.1) is 0 Å². The predicted molar refractivity (Wildman–Crippen MR) is 61.9 cm³/mol. The highest BCUT2D eigenvalue weighted by Gasteiger charge is 2.37. The molecule has 0 spiro atoms. The van der Waals surface area contributed by atoms with E-state index in [0.717, 1.165) is 4.90 Å². The van der Waals surface area contributed by atoms with Crippen molar-refractivity contribution in [1.82, 2.24) is 10.2 Å². The zero-order chi connectivity index (χ0) is 13.9. The van der Waals surface area contributed by atoms with Gasteiger partial charge in [0.2, 0.25) is 11.8 Å². The lowest BCUT2D eigenvalue weighted by atomic mass is 10.0. The molecule has 1 saturated heterocycles. The molecule has 0 aromatic rings. The zero-order valence-corrected chi connectivity index (χ0v) is 10.7. The van der Waals surface area contributed by atoms with Gasteiger partial charge in [0.15, 0.2) is 0 Å². The number of carbonyl (C=O) groups excluding carboxylic acids is 2. The quantitative estimate of drug-likeness (QED) is 0.689. The molecule has 7 nitrogen and oxygen atoms in total. The van der Waals surface area contributed by atoms with E-state index in [1.54, 1.807) is 13.8 Å². The maximum absolute atomic E-state index is 12.0. The van der Waals surface area contributed by atoms with Gasteiger partial charge in [-0.05, 0) is 13.8 Å². The molecule has 0 bridgehead atoms. The summed E-state index contributed by atoms with van der Waals surface area (Å²) in [5, 5.41) is 11.5. The number of nitrogens with one attached hydrogen (secondary N) is 1. The van der Waals surface area contributed by atoms with E-state index in [1.807, 2.05) is 0 Å². The summed E-state index contributed by atoms with van der Waals surface area (Å²) in [5.41, 5.74) is -0.686. The summed E-state index contributed by atoms with van der Waals surface area (Å²) in [6.45, 7) is 3.16. The number of carbonyl (C=O) groups is 3. The van der Waals surface area contributed by atoms with Gasteiger partial charge in [-0.25, -0.2) is 4.79 Å². The molecule has 1 aliphatic heterocycles. The van der Waals surface area contributed by atoms with Crippen LogP contribution in [0.4, 0.5) is 0 Å². The number of rotatable bonds is 4. The molecular weight excluding hydrogens is 240 g/mol. The first kappa shape index (κ1) is 14.4. The molecule has 1 aliphatic rings. The van der Waals surface area contributed by atoms with Crippen molar-refractivity contribution in [3.05, 3.63) is 0 Å². The van der Waals surface area contributed by atoms with Gasteiger partial charge >= 0.3 is 5.97 Å². The first-order valence-corrected chi connectivity index (χ1v) is 5.61. The van der Waals surface area contributed by atoms with Gasteiger partial charge in [0.05, 0.1) is 12.0 Å². The third kappa shape index (κ3) is 3.43. The number of hydrogen-bond donors (Lipinski definition) is 2. The van der Waals surface area contributed by atoms with Crippen LogP contribution in [0.15, 0.2) is 0 Å².